The highest BCUT2D eigenvalue weighted by molar-refractivity contribution is 9.10. The Morgan fingerprint density at radius 2 is 1.88 bits per heavy atom. The number of piperazine rings is 1. The first-order chi connectivity index (χ1) is 12.6. The second kappa shape index (κ2) is 8.64. The van der Waals surface area contributed by atoms with Crippen LogP contribution in [0, 0.1) is 0 Å². The van der Waals surface area contributed by atoms with Crippen molar-refractivity contribution in [2.45, 2.75) is 13.5 Å². The van der Waals surface area contributed by atoms with E-state index in [2.05, 4.69) is 33.0 Å². The van der Waals surface area contributed by atoms with Gasteiger partial charge < -0.3 is 24.4 Å². The number of hydrogen-bond donors (Lipinski definition) is 2. The Labute approximate surface area is 163 Å². The van der Waals surface area contributed by atoms with Crippen LogP contribution in [0.3, 0.4) is 0 Å². The summed E-state index contributed by atoms with van der Waals surface area (Å²) in [6.45, 7) is 7.72. The van der Waals surface area contributed by atoms with E-state index in [0.29, 0.717) is 16.8 Å². The predicted molar refractivity (Wildman–Crippen MR) is 107 cm³/mol. The molecule has 1 aliphatic heterocycles. The van der Waals surface area contributed by atoms with Crippen LogP contribution in [0.4, 0.5) is 5.69 Å². The monoisotopic (exact) mass is 421 g/mol. The molecular weight excluding hydrogens is 396 g/mol. The number of quaternary nitrogens is 1. The van der Waals surface area contributed by atoms with Gasteiger partial charge in [0, 0.05) is 5.56 Å². The first-order valence-electron chi connectivity index (χ1n) is 8.98. The first kappa shape index (κ1) is 18.9. The van der Waals surface area contributed by atoms with Gasteiger partial charge in [0.25, 0.3) is 0 Å². The van der Waals surface area contributed by atoms with E-state index in [4.69, 9.17) is 9.47 Å². The van der Waals surface area contributed by atoms with Crippen LogP contribution in [0.2, 0.25) is 0 Å². The third-order valence-electron chi connectivity index (χ3n) is 4.74. The second-order valence-corrected chi connectivity index (χ2v) is 7.30. The lowest BCUT2D eigenvalue weighted by Gasteiger charge is -2.34. The quantitative estimate of drug-likeness (QED) is 0.751. The molecule has 6 heteroatoms. The van der Waals surface area contributed by atoms with E-state index in [0.717, 1.165) is 44.0 Å². The first-order valence-corrected chi connectivity index (χ1v) is 9.77. The molecule has 0 atom stereocenters. The van der Waals surface area contributed by atoms with Crippen molar-refractivity contribution in [2.75, 3.05) is 44.8 Å². The van der Waals surface area contributed by atoms with Crippen LogP contribution in [-0.4, -0.2) is 45.0 Å². The van der Waals surface area contributed by atoms with Crippen molar-refractivity contribution in [2.24, 2.45) is 0 Å². The fourth-order valence-corrected chi connectivity index (χ4v) is 3.90. The minimum atomic E-state index is 0.156. The summed E-state index contributed by atoms with van der Waals surface area (Å²) in [5, 5.41) is 9.96. The molecule has 0 saturated carbocycles. The summed E-state index contributed by atoms with van der Waals surface area (Å²) in [5.41, 5.74) is 2.34. The highest BCUT2D eigenvalue weighted by Gasteiger charge is 2.23. The SMILES string of the molecule is CCOc1ccccc1N1CC[NH+](Cc2cc(Br)c(O)c(OC)c2)CC1. The Morgan fingerprint density at radius 3 is 2.58 bits per heavy atom. The molecule has 2 aromatic rings. The van der Waals surface area contributed by atoms with Crippen molar-refractivity contribution in [3.05, 3.63) is 46.4 Å². The molecule has 5 nitrogen and oxygen atoms in total. The summed E-state index contributed by atoms with van der Waals surface area (Å²) in [4.78, 5) is 3.93. The number of rotatable bonds is 6. The average molecular weight is 422 g/mol. The number of anilines is 1. The Balaban J connectivity index is 1.64. The molecule has 0 bridgehead atoms. The lowest BCUT2D eigenvalue weighted by molar-refractivity contribution is -0.914. The van der Waals surface area contributed by atoms with Crippen molar-refractivity contribution < 1.29 is 19.5 Å². The smallest absolute Gasteiger partial charge is 0.172 e. The fraction of sp³-hybridized carbons (Fsp3) is 0.400. The van der Waals surface area contributed by atoms with Gasteiger partial charge in [-0.05, 0) is 47.1 Å². The van der Waals surface area contributed by atoms with Crippen LogP contribution in [0.25, 0.3) is 0 Å². The summed E-state index contributed by atoms with van der Waals surface area (Å²) in [5.74, 6) is 1.63. The second-order valence-electron chi connectivity index (χ2n) is 6.44. The lowest BCUT2D eigenvalue weighted by Crippen LogP contribution is -3.13. The van der Waals surface area contributed by atoms with Gasteiger partial charge in [-0.15, -0.1) is 0 Å². The minimum absolute atomic E-state index is 0.156. The third kappa shape index (κ3) is 4.24. The maximum absolute atomic E-state index is 9.96. The number of halogens is 1. The predicted octanol–water partition coefficient (Wildman–Crippen LogP) is 2.47. The van der Waals surface area contributed by atoms with Gasteiger partial charge in [0.15, 0.2) is 11.5 Å². The molecule has 1 aliphatic rings. The molecule has 1 fully saturated rings. The Kier molecular flexibility index (Phi) is 6.27. The van der Waals surface area contributed by atoms with Gasteiger partial charge >= 0.3 is 0 Å². The van der Waals surface area contributed by atoms with Gasteiger partial charge in [0.05, 0.1) is 50.1 Å². The largest absolute Gasteiger partial charge is 0.503 e. The summed E-state index contributed by atoms with van der Waals surface area (Å²) >= 11 is 3.40. The Morgan fingerprint density at radius 1 is 1.15 bits per heavy atom. The number of methoxy groups -OCH3 is 1. The van der Waals surface area contributed by atoms with Crippen molar-refractivity contribution in [1.82, 2.24) is 0 Å². The molecule has 0 unspecified atom stereocenters. The Hall–Kier alpha value is -1.92. The van der Waals surface area contributed by atoms with Crippen molar-refractivity contribution in [1.29, 1.82) is 0 Å². The molecule has 0 spiro atoms. The van der Waals surface area contributed by atoms with E-state index in [-0.39, 0.29) is 5.75 Å². The molecule has 3 rings (SSSR count). The zero-order chi connectivity index (χ0) is 18.5. The van der Waals surface area contributed by atoms with Gasteiger partial charge in [-0.2, -0.15) is 0 Å². The van der Waals surface area contributed by atoms with Gasteiger partial charge in [0.2, 0.25) is 0 Å². The van der Waals surface area contributed by atoms with Crippen LogP contribution in [0.5, 0.6) is 17.2 Å². The van der Waals surface area contributed by atoms with Gasteiger partial charge in [-0.1, -0.05) is 12.1 Å². The van der Waals surface area contributed by atoms with Crippen LogP contribution in [-0.2, 0) is 6.54 Å². The third-order valence-corrected chi connectivity index (χ3v) is 5.34. The summed E-state index contributed by atoms with van der Waals surface area (Å²) < 4.78 is 11.7. The summed E-state index contributed by atoms with van der Waals surface area (Å²) in [7, 11) is 1.58. The van der Waals surface area contributed by atoms with E-state index in [1.165, 1.54) is 10.6 Å². The average Bonchev–Trinajstić information content (AvgIpc) is 2.66. The molecule has 0 aromatic heterocycles. The van der Waals surface area contributed by atoms with Gasteiger partial charge in [-0.25, -0.2) is 0 Å². The molecule has 2 aromatic carbocycles. The van der Waals surface area contributed by atoms with Gasteiger partial charge in [0.1, 0.15) is 12.3 Å². The highest BCUT2D eigenvalue weighted by atomic mass is 79.9. The lowest BCUT2D eigenvalue weighted by atomic mass is 10.1. The van der Waals surface area contributed by atoms with Crippen LogP contribution in [0.1, 0.15) is 12.5 Å². The fourth-order valence-electron chi connectivity index (χ4n) is 3.41. The number of phenols is 1. The summed E-state index contributed by atoms with van der Waals surface area (Å²) in [6, 6.07) is 12.2. The van der Waals surface area contributed by atoms with Crippen LogP contribution in [0.15, 0.2) is 40.9 Å². The van der Waals surface area contributed by atoms with E-state index >= 15 is 0 Å². The summed E-state index contributed by atoms with van der Waals surface area (Å²) in [6.07, 6.45) is 0. The normalized spacial score (nSPS) is 15.1. The van der Waals surface area contributed by atoms with E-state index in [9.17, 15) is 5.11 Å². The van der Waals surface area contributed by atoms with Crippen molar-refractivity contribution in [3.63, 3.8) is 0 Å². The highest BCUT2D eigenvalue weighted by Crippen LogP contribution is 2.35. The maximum atomic E-state index is 9.96. The minimum Gasteiger partial charge on any atom is -0.503 e. The maximum Gasteiger partial charge on any atom is 0.172 e. The Bertz CT molecular complexity index is 746. The molecule has 26 heavy (non-hydrogen) atoms. The molecule has 0 aliphatic carbocycles. The number of phenolic OH excluding ortho intramolecular Hbond substituents is 1. The van der Waals surface area contributed by atoms with Gasteiger partial charge in [-0.3, -0.25) is 0 Å². The number of aromatic hydroxyl groups is 1. The molecule has 0 amide bonds. The molecule has 140 valence electrons. The molecular formula is C20H26BrN2O3+. The molecule has 1 saturated heterocycles. The zero-order valence-electron chi connectivity index (χ0n) is 15.3. The van der Waals surface area contributed by atoms with E-state index in [1.54, 1.807) is 7.11 Å². The number of nitrogens with one attached hydrogen (secondary N) is 1. The van der Waals surface area contributed by atoms with Crippen molar-refractivity contribution >= 4 is 21.6 Å². The topological polar surface area (TPSA) is 46.4 Å². The molecule has 0 radical (unpaired) electrons. The number of para-hydroxylation sites is 2. The number of benzene rings is 2. The number of nitrogens with zero attached hydrogens (tertiary/aromatic N) is 1. The van der Waals surface area contributed by atoms with E-state index < -0.39 is 0 Å². The molecule has 2 N–H and O–H groups in total. The van der Waals surface area contributed by atoms with E-state index in [1.807, 2.05) is 31.2 Å². The van der Waals surface area contributed by atoms with Crippen LogP contribution >= 0.6 is 15.9 Å². The van der Waals surface area contributed by atoms with Crippen molar-refractivity contribution in [3.8, 4) is 17.2 Å². The standard InChI is InChI=1S/C20H25BrN2O3/c1-3-26-18-7-5-4-6-17(18)23-10-8-22(9-11-23)14-15-12-16(21)20(24)19(13-15)25-2/h4-7,12-13,24H,3,8-11,14H2,1-2H3/p+1. The van der Waals surface area contributed by atoms with Crippen LogP contribution < -0.4 is 19.3 Å². The number of ether oxygens (including phenoxy) is 2. The molecule has 1 heterocycles. The number of hydrogen-bond acceptors (Lipinski definition) is 4. The zero-order valence-corrected chi connectivity index (χ0v) is 16.9.